The first kappa shape index (κ1) is 19.2. The third kappa shape index (κ3) is 32.5. The van der Waals surface area contributed by atoms with Gasteiger partial charge in [-0.3, -0.25) is 9.59 Å². The molecule has 0 aliphatic carbocycles. The van der Waals surface area contributed by atoms with Gasteiger partial charge < -0.3 is 15.4 Å². The second kappa shape index (κ2) is 22.9. The Morgan fingerprint density at radius 2 is 1.53 bits per heavy atom. The Hall–Kier alpha value is -1.36. The van der Waals surface area contributed by atoms with Gasteiger partial charge in [-0.25, -0.2) is 0 Å². The highest BCUT2D eigenvalue weighted by molar-refractivity contribution is 5.42. The summed E-state index contributed by atoms with van der Waals surface area (Å²) >= 11 is 0. The number of carbonyl (C=O) groups is 2. The molecule has 5 heteroatoms. The van der Waals surface area contributed by atoms with Crippen LogP contribution >= 0.6 is 0 Å². The molecule has 0 fully saturated rings. The summed E-state index contributed by atoms with van der Waals surface area (Å²) in [6.45, 7) is 13.5. The van der Waals surface area contributed by atoms with Crippen LogP contribution in [0.1, 0.15) is 20.8 Å². The summed E-state index contributed by atoms with van der Waals surface area (Å²) in [5.74, 6) is 0. The number of hydrogen-bond acceptors (Lipinski definition) is 4. The van der Waals surface area contributed by atoms with E-state index in [1.165, 1.54) is 19.6 Å². The molecular weight excluding hydrogens is 196 g/mol. The van der Waals surface area contributed by atoms with E-state index in [9.17, 15) is 0 Å². The van der Waals surface area contributed by atoms with Crippen molar-refractivity contribution in [1.82, 2.24) is 4.90 Å². The maximum absolute atomic E-state index is 9.11. The highest BCUT2D eigenvalue weighted by Crippen LogP contribution is 1.81. The fourth-order valence-corrected chi connectivity index (χ4v) is 0.710. The SMILES string of the molecule is C=COC=O.CCN(CC)CC.NC=O. The van der Waals surface area contributed by atoms with Crippen molar-refractivity contribution < 1.29 is 14.3 Å². The van der Waals surface area contributed by atoms with Crippen LogP contribution in [0.3, 0.4) is 0 Å². The standard InChI is InChI=1S/C6H15N.C3H4O2.CH3NO/c1-4-7(5-2)6-3;1-2-5-3-4;2-1-3/h4-6H2,1-3H3;2-3H,1H2;1H,(H2,2,3). The quantitative estimate of drug-likeness (QED) is 0.546. The van der Waals surface area contributed by atoms with Crippen LogP contribution in [0.2, 0.25) is 0 Å². The summed E-state index contributed by atoms with van der Waals surface area (Å²) in [5.41, 5.74) is 4.17. The van der Waals surface area contributed by atoms with E-state index in [1.807, 2.05) is 0 Å². The largest absolute Gasteiger partial charge is 0.437 e. The van der Waals surface area contributed by atoms with Crippen molar-refractivity contribution in [2.24, 2.45) is 5.73 Å². The number of carbonyl (C=O) groups excluding carboxylic acids is 2. The summed E-state index contributed by atoms with van der Waals surface area (Å²) < 4.78 is 3.92. The lowest BCUT2D eigenvalue weighted by Crippen LogP contribution is -2.21. The predicted molar refractivity (Wildman–Crippen MR) is 61.1 cm³/mol. The molecule has 0 saturated carbocycles. The van der Waals surface area contributed by atoms with Crippen LogP contribution in [0.25, 0.3) is 0 Å². The summed E-state index contributed by atoms with van der Waals surface area (Å²) in [4.78, 5) is 20.1. The van der Waals surface area contributed by atoms with Gasteiger partial charge in [-0.2, -0.15) is 0 Å². The Labute approximate surface area is 91.9 Å². The molecule has 0 aromatic rings. The third-order valence-corrected chi connectivity index (χ3v) is 1.49. The molecule has 0 radical (unpaired) electrons. The third-order valence-electron chi connectivity index (χ3n) is 1.49. The Bertz CT molecular complexity index is 125. The van der Waals surface area contributed by atoms with Crippen LogP contribution in [0, 0.1) is 0 Å². The number of primary amides is 1. The van der Waals surface area contributed by atoms with Crippen LogP contribution in [0.5, 0.6) is 0 Å². The fourth-order valence-electron chi connectivity index (χ4n) is 0.710. The average Bonchev–Trinajstić information content (AvgIpc) is 2.24. The van der Waals surface area contributed by atoms with E-state index in [0.29, 0.717) is 6.47 Å². The van der Waals surface area contributed by atoms with E-state index in [4.69, 9.17) is 9.59 Å². The van der Waals surface area contributed by atoms with Crippen molar-refractivity contribution in [2.45, 2.75) is 20.8 Å². The second-order valence-electron chi connectivity index (χ2n) is 2.15. The molecule has 0 spiro atoms. The molecule has 0 rings (SSSR count). The maximum Gasteiger partial charge on any atom is 0.297 e. The van der Waals surface area contributed by atoms with Gasteiger partial charge in [-0.1, -0.05) is 27.4 Å². The first-order chi connectivity index (χ1) is 7.17. The van der Waals surface area contributed by atoms with Crippen LogP contribution in [0.15, 0.2) is 12.8 Å². The topological polar surface area (TPSA) is 72.6 Å². The molecule has 0 aromatic heterocycles. The minimum absolute atomic E-state index is 0.250. The number of hydrogen-bond donors (Lipinski definition) is 1. The number of nitrogens with zero attached hydrogens (tertiary/aromatic N) is 1. The van der Waals surface area contributed by atoms with E-state index in [0.717, 1.165) is 6.26 Å². The highest BCUT2D eigenvalue weighted by Gasteiger charge is 1.89. The number of rotatable bonds is 5. The second-order valence-corrected chi connectivity index (χ2v) is 2.15. The molecule has 0 heterocycles. The smallest absolute Gasteiger partial charge is 0.297 e. The summed E-state index contributed by atoms with van der Waals surface area (Å²) in [7, 11) is 0. The Kier molecular flexibility index (Phi) is 29.4. The molecule has 1 amide bonds. The molecule has 0 atom stereocenters. The zero-order valence-corrected chi connectivity index (χ0v) is 9.81. The summed E-state index contributed by atoms with van der Waals surface area (Å²) in [6, 6.07) is 0. The fraction of sp³-hybridized carbons (Fsp3) is 0.600. The Balaban J connectivity index is -0.000000158. The van der Waals surface area contributed by atoms with E-state index in [2.05, 4.69) is 42.7 Å². The van der Waals surface area contributed by atoms with Crippen molar-refractivity contribution in [3.8, 4) is 0 Å². The van der Waals surface area contributed by atoms with Crippen molar-refractivity contribution in [1.29, 1.82) is 0 Å². The normalized spacial score (nSPS) is 7.47. The molecule has 0 unspecified atom stereocenters. The lowest BCUT2D eigenvalue weighted by molar-refractivity contribution is -0.123. The van der Waals surface area contributed by atoms with Gasteiger partial charge in [0.25, 0.3) is 6.47 Å². The van der Waals surface area contributed by atoms with Gasteiger partial charge in [0, 0.05) is 0 Å². The first-order valence-electron chi connectivity index (χ1n) is 4.75. The minimum atomic E-state index is 0.250. The maximum atomic E-state index is 9.11. The molecule has 0 bridgehead atoms. The van der Waals surface area contributed by atoms with Crippen molar-refractivity contribution in [3.63, 3.8) is 0 Å². The van der Waals surface area contributed by atoms with Crippen LogP contribution < -0.4 is 5.73 Å². The van der Waals surface area contributed by atoms with Gasteiger partial charge in [-0.05, 0) is 19.6 Å². The van der Waals surface area contributed by atoms with Gasteiger partial charge in [0.2, 0.25) is 6.41 Å². The van der Waals surface area contributed by atoms with Gasteiger partial charge >= 0.3 is 0 Å². The lowest BCUT2D eigenvalue weighted by atomic mass is 10.5. The van der Waals surface area contributed by atoms with Crippen LogP contribution in [-0.4, -0.2) is 37.4 Å². The Morgan fingerprint density at radius 1 is 1.20 bits per heavy atom. The van der Waals surface area contributed by atoms with E-state index < -0.39 is 0 Å². The lowest BCUT2D eigenvalue weighted by Gasteiger charge is -2.13. The minimum Gasteiger partial charge on any atom is -0.437 e. The Morgan fingerprint density at radius 3 is 1.53 bits per heavy atom. The van der Waals surface area contributed by atoms with E-state index in [1.54, 1.807) is 0 Å². The molecule has 5 nitrogen and oxygen atoms in total. The molecule has 15 heavy (non-hydrogen) atoms. The first-order valence-corrected chi connectivity index (χ1v) is 4.75. The monoisotopic (exact) mass is 218 g/mol. The molecule has 2 N–H and O–H groups in total. The van der Waals surface area contributed by atoms with Crippen molar-refractivity contribution >= 4 is 12.9 Å². The number of ether oxygens (including phenoxy) is 1. The van der Waals surface area contributed by atoms with Crippen molar-refractivity contribution in [2.75, 3.05) is 19.6 Å². The molecular formula is C10H22N2O3. The number of nitrogens with two attached hydrogens (primary N) is 1. The van der Waals surface area contributed by atoms with E-state index >= 15 is 0 Å². The zero-order chi connectivity index (χ0) is 12.5. The molecule has 90 valence electrons. The molecule has 0 aliphatic rings. The molecule has 0 saturated heterocycles. The number of amides is 1. The zero-order valence-electron chi connectivity index (χ0n) is 9.81. The van der Waals surface area contributed by atoms with Gasteiger partial charge in [-0.15, -0.1) is 0 Å². The van der Waals surface area contributed by atoms with Gasteiger partial charge in [0.1, 0.15) is 0 Å². The molecule has 0 aromatic carbocycles. The van der Waals surface area contributed by atoms with Crippen molar-refractivity contribution in [3.05, 3.63) is 12.8 Å². The van der Waals surface area contributed by atoms with Crippen LogP contribution in [0.4, 0.5) is 0 Å². The van der Waals surface area contributed by atoms with Crippen LogP contribution in [-0.2, 0) is 14.3 Å². The predicted octanol–water partition coefficient (Wildman–Crippen LogP) is 0.752. The summed E-state index contributed by atoms with van der Waals surface area (Å²) in [5, 5.41) is 0. The summed E-state index contributed by atoms with van der Waals surface area (Å²) in [6.07, 6.45) is 1.31. The van der Waals surface area contributed by atoms with E-state index in [-0.39, 0.29) is 6.41 Å². The highest BCUT2D eigenvalue weighted by atomic mass is 16.5. The molecule has 0 aliphatic heterocycles. The average molecular weight is 218 g/mol. The van der Waals surface area contributed by atoms with Gasteiger partial charge in [0.15, 0.2) is 0 Å². The van der Waals surface area contributed by atoms with Gasteiger partial charge in [0.05, 0.1) is 6.26 Å².